The Bertz CT molecular complexity index is 645. The van der Waals surface area contributed by atoms with Crippen molar-refractivity contribution in [1.82, 2.24) is 9.88 Å². The Labute approximate surface area is 103 Å². The van der Waals surface area contributed by atoms with E-state index in [1.165, 1.54) is 6.92 Å². The minimum Gasteiger partial charge on any atom is -0.447 e. The SMILES string of the molecule is CC(=O)n1cc([C@H]2COC(=O)N2)c2ccccc21. The molecule has 18 heavy (non-hydrogen) atoms. The Kier molecular flexibility index (Phi) is 2.33. The van der Waals surface area contributed by atoms with E-state index in [9.17, 15) is 9.59 Å². The molecule has 3 rings (SSSR count). The second kappa shape index (κ2) is 3.87. The number of aromatic nitrogens is 1. The molecule has 0 saturated carbocycles. The number of fused-ring (bicyclic) bond motifs is 1. The van der Waals surface area contributed by atoms with Gasteiger partial charge < -0.3 is 10.1 Å². The molecule has 0 unspecified atom stereocenters. The zero-order valence-electron chi connectivity index (χ0n) is 9.84. The number of para-hydroxylation sites is 1. The third kappa shape index (κ3) is 1.55. The van der Waals surface area contributed by atoms with Gasteiger partial charge in [0.05, 0.1) is 11.6 Å². The van der Waals surface area contributed by atoms with Crippen LogP contribution in [0.5, 0.6) is 0 Å². The molecule has 5 heteroatoms. The summed E-state index contributed by atoms with van der Waals surface area (Å²) < 4.78 is 6.49. The Hall–Kier alpha value is -2.30. The van der Waals surface area contributed by atoms with Gasteiger partial charge in [0.15, 0.2) is 0 Å². The maximum absolute atomic E-state index is 11.6. The van der Waals surface area contributed by atoms with Crippen molar-refractivity contribution in [3.05, 3.63) is 36.0 Å². The van der Waals surface area contributed by atoms with Crippen LogP contribution in [-0.2, 0) is 4.74 Å². The molecule has 0 aliphatic carbocycles. The molecule has 1 aromatic heterocycles. The average Bonchev–Trinajstić information content (AvgIpc) is 2.92. The van der Waals surface area contributed by atoms with Crippen LogP contribution in [-0.4, -0.2) is 23.2 Å². The summed E-state index contributed by atoms with van der Waals surface area (Å²) in [6.07, 6.45) is 1.35. The number of hydrogen-bond acceptors (Lipinski definition) is 3. The highest BCUT2D eigenvalue weighted by atomic mass is 16.6. The predicted octanol–water partition coefficient (Wildman–Crippen LogP) is 2.08. The molecule has 1 N–H and O–H groups in total. The van der Waals surface area contributed by atoms with Crippen LogP contribution in [0.2, 0.25) is 0 Å². The standard InChI is InChI=1S/C13H12N2O3/c1-8(16)15-6-10(11-7-18-13(17)14-11)9-4-2-3-5-12(9)15/h2-6,11H,7H2,1H3,(H,14,17)/t11-/m1/s1. The fraction of sp³-hybridized carbons (Fsp3) is 0.231. The number of carbonyl (C=O) groups excluding carboxylic acids is 2. The first-order valence-electron chi connectivity index (χ1n) is 5.71. The van der Waals surface area contributed by atoms with Gasteiger partial charge in [-0.2, -0.15) is 0 Å². The molecule has 1 fully saturated rings. The van der Waals surface area contributed by atoms with E-state index < -0.39 is 6.09 Å². The fourth-order valence-electron chi connectivity index (χ4n) is 2.30. The van der Waals surface area contributed by atoms with Crippen LogP contribution < -0.4 is 5.32 Å². The van der Waals surface area contributed by atoms with Gasteiger partial charge in [-0.1, -0.05) is 18.2 Å². The highest BCUT2D eigenvalue weighted by molar-refractivity contribution is 5.94. The number of nitrogens with zero attached hydrogens (tertiary/aromatic N) is 1. The predicted molar refractivity (Wildman–Crippen MR) is 65.5 cm³/mol. The topological polar surface area (TPSA) is 60.3 Å². The van der Waals surface area contributed by atoms with Gasteiger partial charge >= 0.3 is 6.09 Å². The maximum Gasteiger partial charge on any atom is 0.407 e. The lowest BCUT2D eigenvalue weighted by atomic mass is 10.1. The molecule has 0 bridgehead atoms. The quantitative estimate of drug-likeness (QED) is 0.835. The number of benzene rings is 1. The smallest absolute Gasteiger partial charge is 0.407 e. The number of amides is 1. The van der Waals surface area contributed by atoms with Gasteiger partial charge in [-0.05, 0) is 6.07 Å². The third-order valence-corrected chi connectivity index (χ3v) is 3.13. The Morgan fingerprint density at radius 2 is 2.22 bits per heavy atom. The molecule has 2 aromatic rings. The van der Waals surface area contributed by atoms with E-state index in [2.05, 4.69) is 5.32 Å². The number of rotatable bonds is 1. The van der Waals surface area contributed by atoms with E-state index in [0.29, 0.717) is 6.61 Å². The highest BCUT2D eigenvalue weighted by Gasteiger charge is 2.27. The highest BCUT2D eigenvalue weighted by Crippen LogP contribution is 2.28. The van der Waals surface area contributed by atoms with Crippen LogP contribution in [0.25, 0.3) is 10.9 Å². The van der Waals surface area contributed by atoms with Gasteiger partial charge in [0.1, 0.15) is 6.61 Å². The lowest BCUT2D eigenvalue weighted by Crippen LogP contribution is -2.18. The van der Waals surface area contributed by atoms with E-state index in [4.69, 9.17) is 4.74 Å². The summed E-state index contributed by atoms with van der Waals surface area (Å²) in [5.74, 6) is -0.0531. The van der Waals surface area contributed by atoms with Crippen molar-refractivity contribution in [2.75, 3.05) is 6.61 Å². The van der Waals surface area contributed by atoms with Gasteiger partial charge in [-0.25, -0.2) is 4.79 Å². The van der Waals surface area contributed by atoms with Crippen molar-refractivity contribution in [2.45, 2.75) is 13.0 Å². The molecule has 0 spiro atoms. The molecule has 1 aliphatic rings. The first kappa shape index (κ1) is 10.8. The van der Waals surface area contributed by atoms with Crippen LogP contribution in [0.3, 0.4) is 0 Å². The number of hydrogen-bond donors (Lipinski definition) is 1. The summed E-state index contributed by atoms with van der Waals surface area (Å²) in [5, 5.41) is 3.69. The molecule has 2 heterocycles. The molecule has 1 amide bonds. The molecule has 1 saturated heterocycles. The third-order valence-electron chi connectivity index (χ3n) is 3.13. The van der Waals surface area contributed by atoms with Gasteiger partial charge in [0.25, 0.3) is 0 Å². The molecular formula is C13H12N2O3. The molecule has 1 aliphatic heterocycles. The lowest BCUT2D eigenvalue weighted by Gasteiger charge is -2.04. The number of cyclic esters (lactones) is 1. The normalized spacial score (nSPS) is 18.7. The average molecular weight is 244 g/mol. The Morgan fingerprint density at radius 3 is 2.89 bits per heavy atom. The lowest BCUT2D eigenvalue weighted by molar-refractivity contribution is 0.0941. The summed E-state index contributed by atoms with van der Waals surface area (Å²) in [7, 11) is 0. The number of nitrogens with one attached hydrogen (secondary N) is 1. The number of carbonyl (C=O) groups is 2. The van der Waals surface area contributed by atoms with Crippen LogP contribution in [0.4, 0.5) is 4.79 Å². The Morgan fingerprint density at radius 1 is 1.44 bits per heavy atom. The van der Waals surface area contributed by atoms with Crippen molar-refractivity contribution in [1.29, 1.82) is 0 Å². The summed E-state index contributed by atoms with van der Waals surface area (Å²) in [6.45, 7) is 1.81. The van der Waals surface area contributed by atoms with E-state index in [0.717, 1.165) is 16.5 Å². The van der Waals surface area contributed by atoms with Gasteiger partial charge in [0.2, 0.25) is 5.91 Å². The number of alkyl carbamates (subject to hydrolysis) is 1. The summed E-state index contributed by atoms with van der Waals surface area (Å²) in [6, 6.07) is 7.43. The molecular weight excluding hydrogens is 232 g/mol. The van der Waals surface area contributed by atoms with Crippen molar-refractivity contribution in [3.8, 4) is 0 Å². The summed E-state index contributed by atoms with van der Waals surface area (Å²) >= 11 is 0. The Balaban J connectivity index is 2.17. The van der Waals surface area contributed by atoms with Crippen molar-refractivity contribution in [2.24, 2.45) is 0 Å². The van der Waals surface area contributed by atoms with Gasteiger partial charge in [-0.15, -0.1) is 0 Å². The van der Waals surface area contributed by atoms with Crippen LogP contribution >= 0.6 is 0 Å². The second-order valence-corrected chi connectivity index (χ2v) is 4.29. The van der Waals surface area contributed by atoms with E-state index in [1.807, 2.05) is 24.3 Å². The summed E-state index contributed by atoms with van der Waals surface area (Å²) in [4.78, 5) is 22.7. The number of ether oxygens (including phenoxy) is 1. The van der Waals surface area contributed by atoms with Crippen LogP contribution in [0.15, 0.2) is 30.5 Å². The van der Waals surface area contributed by atoms with E-state index in [-0.39, 0.29) is 11.9 Å². The minimum atomic E-state index is -0.417. The molecule has 92 valence electrons. The monoisotopic (exact) mass is 244 g/mol. The van der Waals surface area contributed by atoms with Crippen LogP contribution in [0.1, 0.15) is 23.3 Å². The van der Waals surface area contributed by atoms with E-state index >= 15 is 0 Å². The minimum absolute atomic E-state index is 0.0531. The zero-order chi connectivity index (χ0) is 12.7. The van der Waals surface area contributed by atoms with Crippen molar-refractivity contribution in [3.63, 3.8) is 0 Å². The van der Waals surface area contributed by atoms with Crippen molar-refractivity contribution >= 4 is 22.9 Å². The second-order valence-electron chi connectivity index (χ2n) is 4.29. The first-order chi connectivity index (χ1) is 8.66. The van der Waals surface area contributed by atoms with Gasteiger partial charge in [0, 0.05) is 24.1 Å². The molecule has 1 aromatic carbocycles. The fourth-order valence-corrected chi connectivity index (χ4v) is 2.30. The van der Waals surface area contributed by atoms with Crippen molar-refractivity contribution < 1.29 is 14.3 Å². The zero-order valence-corrected chi connectivity index (χ0v) is 9.84. The molecule has 1 atom stereocenters. The summed E-state index contributed by atoms with van der Waals surface area (Å²) in [5.41, 5.74) is 1.76. The maximum atomic E-state index is 11.6. The molecule has 0 radical (unpaired) electrons. The first-order valence-corrected chi connectivity index (χ1v) is 5.71. The van der Waals surface area contributed by atoms with E-state index in [1.54, 1.807) is 10.8 Å². The van der Waals surface area contributed by atoms with Gasteiger partial charge in [-0.3, -0.25) is 9.36 Å². The molecule has 5 nitrogen and oxygen atoms in total. The largest absolute Gasteiger partial charge is 0.447 e. The van der Waals surface area contributed by atoms with Crippen LogP contribution in [0, 0.1) is 0 Å².